The Morgan fingerprint density at radius 2 is 2.27 bits per heavy atom. The van der Waals surface area contributed by atoms with Crippen molar-refractivity contribution in [1.29, 1.82) is 0 Å². The number of piperidine rings is 1. The third-order valence-electron chi connectivity index (χ3n) is 6.37. The summed E-state index contributed by atoms with van der Waals surface area (Å²) in [6.45, 7) is 11.3. The monoisotopic (exact) mass is 307 g/mol. The topological polar surface area (TPSA) is 32.7 Å². The predicted octanol–water partition coefficient (Wildman–Crippen LogP) is 3.09. The summed E-state index contributed by atoms with van der Waals surface area (Å²) in [4.78, 5) is 2.39. The molecule has 0 spiro atoms. The standard InChI is InChI=1S/C19H33NO2/c1-14-5-4-8-20(10-14)11-17(21)13-22-12-15-6-7-16-9-18(15)19(16,2)3/h6,14,16-18,21H,4-5,7-13H2,1-3H3. The van der Waals surface area contributed by atoms with Crippen molar-refractivity contribution >= 4 is 0 Å². The summed E-state index contributed by atoms with van der Waals surface area (Å²) in [7, 11) is 0. The molecule has 1 saturated carbocycles. The van der Waals surface area contributed by atoms with Gasteiger partial charge >= 0.3 is 0 Å². The van der Waals surface area contributed by atoms with Crippen LogP contribution in [0.2, 0.25) is 0 Å². The van der Waals surface area contributed by atoms with Crippen LogP contribution in [0, 0.1) is 23.2 Å². The van der Waals surface area contributed by atoms with Crippen LogP contribution in [0.25, 0.3) is 0 Å². The number of allylic oxidation sites excluding steroid dienone is 1. The molecule has 0 amide bonds. The van der Waals surface area contributed by atoms with Crippen LogP contribution in [0.1, 0.15) is 46.5 Å². The van der Waals surface area contributed by atoms with Gasteiger partial charge in [0.15, 0.2) is 0 Å². The summed E-state index contributed by atoms with van der Waals surface area (Å²) in [6.07, 6.45) is 7.20. The van der Waals surface area contributed by atoms with Crippen LogP contribution in [0.5, 0.6) is 0 Å². The van der Waals surface area contributed by atoms with Crippen LogP contribution in [0.15, 0.2) is 11.6 Å². The highest BCUT2D eigenvalue weighted by Gasteiger charge is 2.50. The summed E-state index contributed by atoms with van der Waals surface area (Å²) in [5.41, 5.74) is 1.95. The zero-order valence-electron chi connectivity index (χ0n) is 14.6. The Morgan fingerprint density at radius 1 is 1.45 bits per heavy atom. The van der Waals surface area contributed by atoms with Gasteiger partial charge in [-0.05, 0) is 61.0 Å². The fourth-order valence-corrected chi connectivity index (χ4v) is 4.76. The maximum absolute atomic E-state index is 10.2. The van der Waals surface area contributed by atoms with E-state index in [1.807, 2.05) is 0 Å². The first-order valence-corrected chi connectivity index (χ1v) is 9.14. The molecule has 0 radical (unpaired) electrons. The number of likely N-dealkylation sites (tertiary alicyclic amines) is 1. The molecule has 0 aromatic heterocycles. The number of fused-ring (bicyclic) bond motifs is 1. The highest BCUT2D eigenvalue weighted by atomic mass is 16.5. The van der Waals surface area contributed by atoms with Crippen LogP contribution in [-0.4, -0.2) is 49.0 Å². The van der Waals surface area contributed by atoms with Crippen molar-refractivity contribution in [3.05, 3.63) is 11.6 Å². The van der Waals surface area contributed by atoms with Gasteiger partial charge in [-0.15, -0.1) is 0 Å². The lowest BCUT2D eigenvalue weighted by Gasteiger charge is -2.56. The molecule has 1 N–H and O–H groups in total. The molecule has 3 aliphatic carbocycles. The van der Waals surface area contributed by atoms with Crippen molar-refractivity contribution in [2.24, 2.45) is 23.2 Å². The molecule has 22 heavy (non-hydrogen) atoms. The second-order valence-electron chi connectivity index (χ2n) is 8.50. The number of hydrogen-bond donors (Lipinski definition) is 1. The van der Waals surface area contributed by atoms with Gasteiger partial charge in [0.05, 0.1) is 19.3 Å². The molecule has 2 fully saturated rings. The molecule has 1 saturated heterocycles. The molecule has 2 bridgehead atoms. The van der Waals surface area contributed by atoms with Crippen molar-refractivity contribution < 1.29 is 9.84 Å². The third-order valence-corrected chi connectivity index (χ3v) is 6.37. The maximum Gasteiger partial charge on any atom is 0.0900 e. The lowest BCUT2D eigenvalue weighted by molar-refractivity contribution is -0.0271. The van der Waals surface area contributed by atoms with Gasteiger partial charge in [0.1, 0.15) is 0 Å². The molecule has 3 nitrogen and oxygen atoms in total. The lowest BCUT2D eigenvalue weighted by Crippen LogP contribution is -2.48. The number of aliphatic hydroxyl groups excluding tert-OH is 1. The van der Waals surface area contributed by atoms with E-state index in [0.717, 1.165) is 31.5 Å². The molecule has 0 aromatic carbocycles. The minimum Gasteiger partial charge on any atom is -0.389 e. The Labute approximate surface area is 135 Å². The fourth-order valence-electron chi connectivity index (χ4n) is 4.76. The van der Waals surface area contributed by atoms with Gasteiger partial charge in [-0.1, -0.05) is 26.8 Å². The number of rotatable bonds is 6. The average molecular weight is 307 g/mol. The van der Waals surface area contributed by atoms with Crippen molar-refractivity contribution in [2.45, 2.75) is 52.6 Å². The number of aliphatic hydroxyl groups is 1. The SMILES string of the molecule is CC1CCCN(CC(O)COCC2=CCC3CC2C3(C)C)C1. The molecule has 4 aliphatic rings. The van der Waals surface area contributed by atoms with Gasteiger partial charge < -0.3 is 14.7 Å². The molecule has 4 rings (SSSR count). The Kier molecular flexibility index (Phi) is 4.96. The summed E-state index contributed by atoms with van der Waals surface area (Å²) in [5.74, 6) is 2.36. The molecule has 1 heterocycles. The van der Waals surface area contributed by atoms with Crippen molar-refractivity contribution in [3.8, 4) is 0 Å². The number of β-amino-alcohol motifs (C(OH)–C–C–N with tert-alkyl or cyclic N) is 1. The molecule has 1 aliphatic heterocycles. The normalized spacial score (nSPS) is 35.6. The highest BCUT2D eigenvalue weighted by molar-refractivity contribution is 5.23. The van der Waals surface area contributed by atoms with E-state index in [1.165, 1.54) is 31.3 Å². The average Bonchev–Trinajstić information content (AvgIpc) is 2.47. The van der Waals surface area contributed by atoms with E-state index in [0.29, 0.717) is 24.5 Å². The van der Waals surface area contributed by atoms with Gasteiger partial charge in [-0.25, -0.2) is 0 Å². The zero-order valence-corrected chi connectivity index (χ0v) is 14.6. The van der Waals surface area contributed by atoms with Crippen molar-refractivity contribution in [1.82, 2.24) is 4.90 Å². The highest BCUT2D eigenvalue weighted by Crippen LogP contribution is 2.59. The first-order valence-electron chi connectivity index (χ1n) is 9.14. The predicted molar refractivity (Wildman–Crippen MR) is 89.7 cm³/mol. The number of ether oxygens (including phenoxy) is 1. The summed E-state index contributed by atoms with van der Waals surface area (Å²) in [5, 5.41) is 10.2. The smallest absolute Gasteiger partial charge is 0.0900 e. The van der Waals surface area contributed by atoms with Gasteiger partial charge in [0, 0.05) is 13.1 Å². The molecule has 4 unspecified atom stereocenters. The molecular formula is C19H33NO2. The quantitative estimate of drug-likeness (QED) is 0.766. The second kappa shape index (κ2) is 6.62. The first-order chi connectivity index (χ1) is 10.5. The van der Waals surface area contributed by atoms with Gasteiger partial charge in [-0.3, -0.25) is 0 Å². The van der Waals surface area contributed by atoms with Gasteiger partial charge in [0.2, 0.25) is 0 Å². The van der Waals surface area contributed by atoms with Crippen molar-refractivity contribution in [2.75, 3.05) is 32.8 Å². The van der Waals surface area contributed by atoms with E-state index >= 15 is 0 Å². The summed E-state index contributed by atoms with van der Waals surface area (Å²) < 4.78 is 5.85. The molecule has 4 atom stereocenters. The first kappa shape index (κ1) is 16.5. The van der Waals surface area contributed by atoms with E-state index in [2.05, 4.69) is 31.7 Å². The van der Waals surface area contributed by atoms with E-state index in [-0.39, 0.29) is 6.10 Å². The number of nitrogens with zero attached hydrogens (tertiary/aromatic N) is 1. The third kappa shape index (κ3) is 3.42. The minimum absolute atomic E-state index is 0.350. The van der Waals surface area contributed by atoms with E-state index in [1.54, 1.807) is 0 Å². The molecule has 3 heteroatoms. The maximum atomic E-state index is 10.2. The molecule has 126 valence electrons. The zero-order chi connectivity index (χ0) is 15.7. The minimum atomic E-state index is -0.350. The fraction of sp³-hybridized carbons (Fsp3) is 0.895. The lowest BCUT2D eigenvalue weighted by atomic mass is 9.49. The van der Waals surface area contributed by atoms with Gasteiger partial charge in [0.25, 0.3) is 0 Å². The van der Waals surface area contributed by atoms with Crippen LogP contribution < -0.4 is 0 Å². The molecular weight excluding hydrogens is 274 g/mol. The van der Waals surface area contributed by atoms with Crippen LogP contribution in [0.4, 0.5) is 0 Å². The Bertz CT molecular complexity index is 418. The summed E-state index contributed by atoms with van der Waals surface area (Å²) in [6, 6.07) is 0. The summed E-state index contributed by atoms with van der Waals surface area (Å²) >= 11 is 0. The van der Waals surface area contributed by atoms with Crippen molar-refractivity contribution in [3.63, 3.8) is 0 Å². The van der Waals surface area contributed by atoms with E-state index in [9.17, 15) is 5.11 Å². The second-order valence-corrected chi connectivity index (χ2v) is 8.50. The Balaban J connectivity index is 1.37. The Morgan fingerprint density at radius 3 is 2.95 bits per heavy atom. The Hall–Kier alpha value is -0.380. The number of hydrogen-bond acceptors (Lipinski definition) is 3. The van der Waals surface area contributed by atoms with Crippen LogP contribution >= 0.6 is 0 Å². The van der Waals surface area contributed by atoms with E-state index in [4.69, 9.17) is 4.74 Å². The largest absolute Gasteiger partial charge is 0.389 e. The van der Waals surface area contributed by atoms with E-state index < -0.39 is 0 Å². The molecule has 0 aromatic rings. The van der Waals surface area contributed by atoms with Gasteiger partial charge in [-0.2, -0.15) is 0 Å². The van der Waals surface area contributed by atoms with Crippen LogP contribution in [-0.2, 0) is 4.74 Å². The van der Waals surface area contributed by atoms with Crippen LogP contribution in [0.3, 0.4) is 0 Å².